The largest absolute Gasteiger partial charge is 0.497 e. The van der Waals surface area contributed by atoms with Crippen LogP contribution in [0.2, 0.25) is 0 Å². The zero-order valence-electron chi connectivity index (χ0n) is 17.2. The Labute approximate surface area is 171 Å². The zero-order valence-corrected chi connectivity index (χ0v) is 17.2. The summed E-state index contributed by atoms with van der Waals surface area (Å²) in [5.74, 6) is 1.23. The molecular weight excluding hydrogens is 368 g/mol. The lowest BCUT2D eigenvalue weighted by Crippen LogP contribution is -2.27. The molecule has 152 valence electrons. The summed E-state index contributed by atoms with van der Waals surface area (Å²) in [5.41, 5.74) is 4.17. The maximum atomic E-state index is 12.8. The molecule has 3 aromatic rings. The van der Waals surface area contributed by atoms with Crippen molar-refractivity contribution in [2.24, 2.45) is 0 Å². The minimum Gasteiger partial charge on any atom is -0.497 e. The molecule has 1 amide bonds. The van der Waals surface area contributed by atoms with E-state index in [0.29, 0.717) is 30.2 Å². The number of nitrogens with zero attached hydrogens (tertiary/aromatic N) is 1. The minimum atomic E-state index is -0.136. The van der Waals surface area contributed by atoms with Crippen molar-refractivity contribution in [2.45, 2.75) is 6.92 Å². The molecule has 29 heavy (non-hydrogen) atoms. The fourth-order valence-electron chi connectivity index (χ4n) is 3.30. The van der Waals surface area contributed by atoms with Gasteiger partial charge in [0.05, 0.1) is 37.8 Å². The Morgan fingerprint density at radius 1 is 1.00 bits per heavy atom. The van der Waals surface area contributed by atoms with Gasteiger partial charge in [0, 0.05) is 25.4 Å². The summed E-state index contributed by atoms with van der Waals surface area (Å²) in [7, 11) is 4.85. The highest BCUT2D eigenvalue weighted by Gasteiger charge is 2.21. The van der Waals surface area contributed by atoms with Crippen molar-refractivity contribution in [3.63, 3.8) is 0 Å². The number of hydrogen-bond donors (Lipinski definition) is 1. The minimum absolute atomic E-state index is 0.136. The Hall–Kier alpha value is -3.25. The Bertz CT molecular complexity index is 980. The third-order valence-corrected chi connectivity index (χ3v) is 4.78. The predicted octanol–water partition coefficient (Wildman–Crippen LogP) is 3.85. The number of nitrogens with one attached hydrogen (secondary N) is 1. The van der Waals surface area contributed by atoms with Crippen molar-refractivity contribution in [3.8, 4) is 28.4 Å². The van der Waals surface area contributed by atoms with Gasteiger partial charge >= 0.3 is 0 Å². The number of amides is 1. The van der Waals surface area contributed by atoms with Crippen LogP contribution in [0.25, 0.3) is 16.9 Å². The van der Waals surface area contributed by atoms with E-state index in [2.05, 4.69) is 5.32 Å². The summed E-state index contributed by atoms with van der Waals surface area (Å²) in [5, 5.41) is 2.90. The summed E-state index contributed by atoms with van der Waals surface area (Å²) >= 11 is 0. The van der Waals surface area contributed by atoms with Gasteiger partial charge in [-0.05, 0) is 30.7 Å². The predicted molar refractivity (Wildman–Crippen MR) is 113 cm³/mol. The van der Waals surface area contributed by atoms with Gasteiger partial charge in [-0.2, -0.15) is 0 Å². The Morgan fingerprint density at radius 2 is 1.76 bits per heavy atom. The second-order valence-corrected chi connectivity index (χ2v) is 6.52. The second kappa shape index (κ2) is 9.30. The molecule has 0 saturated carbocycles. The summed E-state index contributed by atoms with van der Waals surface area (Å²) in [6.07, 6.45) is 0. The molecule has 3 rings (SSSR count). The second-order valence-electron chi connectivity index (χ2n) is 6.52. The van der Waals surface area contributed by atoms with Crippen LogP contribution < -0.4 is 14.8 Å². The highest BCUT2D eigenvalue weighted by molar-refractivity contribution is 5.97. The van der Waals surface area contributed by atoms with Crippen molar-refractivity contribution in [2.75, 3.05) is 34.5 Å². The topological polar surface area (TPSA) is 61.7 Å². The van der Waals surface area contributed by atoms with Gasteiger partial charge in [-0.15, -0.1) is 0 Å². The maximum Gasteiger partial charge on any atom is 0.253 e. The molecule has 0 spiro atoms. The van der Waals surface area contributed by atoms with Crippen LogP contribution >= 0.6 is 0 Å². The SMILES string of the molecule is COCCNC(=O)c1cc(-c2ccccc2)n(-c2ccc(OC)cc2OC)c1C. The van der Waals surface area contributed by atoms with Crippen molar-refractivity contribution < 1.29 is 19.0 Å². The molecule has 0 aliphatic carbocycles. The van der Waals surface area contributed by atoms with Gasteiger partial charge in [0.2, 0.25) is 0 Å². The molecular formula is C23H26N2O4. The standard InChI is InChI=1S/C23H26N2O4/c1-16-19(23(26)24-12-13-27-2)15-21(17-8-6-5-7-9-17)25(16)20-11-10-18(28-3)14-22(20)29-4/h5-11,14-15H,12-13H2,1-4H3,(H,24,26). The van der Waals surface area contributed by atoms with E-state index in [0.717, 1.165) is 22.6 Å². The lowest BCUT2D eigenvalue weighted by Gasteiger charge is -2.16. The molecule has 1 heterocycles. The summed E-state index contributed by atoms with van der Waals surface area (Å²) in [4.78, 5) is 12.8. The van der Waals surface area contributed by atoms with Gasteiger partial charge in [-0.1, -0.05) is 30.3 Å². The van der Waals surface area contributed by atoms with Gasteiger partial charge in [0.25, 0.3) is 5.91 Å². The molecule has 0 saturated heterocycles. The van der Waals surface area contributed by atoms with Crippen LogP contribution in [0.3, 0.4) is 0 Å². The lowest BCUT2D eigenvalue weighted by atomic mass is 10.1. The van der Waals surface area contributed by atoms with Gasteiger partial charge in [0.15, 0.2) is 0 Å². The molecule has 0 aliphatic rings. The molecule has 2 aromatic carbocycles. The van der Waals surface area contributed by atoms with E-state index < -0.39 is 0 Å². The highest BCUT2D eigenvalue weighted by Crippen LogP contribution is 2.35. The number of rotatable bonds is 8. The van der Waals surface area contributed by atoms with Crippen LogP contribution in [-0.4, -0.2) is 45.0 Å². The monoisotopic (exact) mass is 394 g/mol. The smallest absolute Gasteiger partial charge is 0.253 e. The van der Waals surface area contributed by atoms with E-state index >= 15 is 0 Å². The number of benzene rings is 2. The number of hydrogen-bond acceptors (Lipinski definition) is 4. The molecule has 6 heteroatoms. The first kappa shape index (κ1) is 20.5. The summed E-state index contributed by atoms with van der Waals surface area (Å²) < 4.78 is 18.0. The number of carbonyl (C=O) groups is 1. The molecule has 0 radical (unpaired) electrons. The van der Waals surface area contributed by atoms with E-state index in [4.69, 9.17) is 14.2 Å². The quantitative estimate of drug-likeness (QED) is 0.590. The summed E-state index contributed by atoms with van der Waals surface area (Å²) in [6.45, 7) is 2.84. The highest BCUT2D eigenvalue weighted by atomic mass is 16.5. The van der Waals surface area contributed by atoms with E-state index in [1.165, 1.54) is 0 Å². The van der Waals surface area contributed by atoms with Gasteiger partial charge in [-0.3, -0.25) is 4.79 Å². The maximum absolute atomic E-state index is 12.8. The fourth-order valence-corrected chi connectivity index (χ4v) is 3.30. The first-order chi connectivity index (χ1) is 14.1. The van der Waals surface area contributed by atoms with E-state index in [1.54, 1.807) is 21.3 Å². The van der Waals surface area contributed by atoms with Crippen LogP contribution in [0, 0.1) is 6.92 Å². The molecule has 0 unspecified atom stereocenters. The van der Waals surface area contributed by atoms with Crippen molar-refractivity contribution in [1.29, 1.82) is 0 Å². The molecule has 0 aliphatic heterocycles. The number of methoxy groups -OCH3 is 3. The molecule has 0 atom stereocenters. The van der Waals surface area contributed by atoms with Crippen LogP contribution in [0.5, 0.6) is 11.5 Å². The molecule has 0 bridgehead atoms. The van der Waals surface area contributed by atoms with Gasteiger partial charge in [0.1, 0.15) is 11.5 Å². The molecule has 1 N–H and O–H groups in total. The van der Waals surface area contributed by atoms with Gasteiger partial charge < -0.3 is 24.1 Å². The normalized spacial score (nSPS) is 10.6. The first-order valence-corrected chi connectivity index (χ1v) is 9.38. The van der Waals surface area contributed by atoms with E-state index in [9.17, 15) is 4.79 Å². The van der Waals surface area contributed by atoms with Crippen LogP contribution in [0.1, 0.15) is 16.1 Å². The first-order valence-electron chi connectivity index (χ1n) is 9.38. The molecule has 0 fully saturated rings. The lowest BCUT2D eigenvalue weighted by molar-refractivity contribution is 0.0936. The van der Waals surface area contributed by atoms with Gasteiger partial charge in [-0.25, -0.2) is 0 Å². The molecule has 1 aromatic heterocycles. The average molecular weight is 394 g/mol. The van der Waals surface area contributed by atoms with Crippen LogP contribution in [-0.2, 0) is 4.74 Å². The zero-order chi connectivity index (χ0) is 20.8. The Balaban J connectivity index is 2.16. The van der Waals surface area contributed by atoms with Crippen LogP contribution in [0.15, 0.2) is 54.6 Å². The van der Waals surface area contributed by atoms with Crippen LogP contribution in [0.4, 0.5) is 0 Å². The van der Waals surface area contributed by atoms with Crippen molar-refractivity contribution >= 4 is 5.91 Å². The summed E-state index contributed by atoms with van der Waals surface area (Å²) in [6, 6.07) is 17.5. The number of aromatic nitrogens is 1. The van der Waals surface area contributed by atoms with Crippen molar-refractivity contribution in [3.05, 3.63) is 65.9 Å². The third-order valence-electron chi connectivity index (χ3n) is 4.78. The third kappa shape index (κ3) is 4.27. The van der Waals surface area contributed by atoms with E-state index in [1.807, 2.05) is 66.1 Å². The number of carbonyl (C=O) groups excluding carboxylic acids is 1. The Morgan fingerprint density at radius 3 is 2.41 bits per heavy atom. The van der Waals surface area contributed by atoms with E-state index in [-0.39, 0.29) is 5.91 Å². The fraction of sp³-hybridized carbons (Fsp3) is 0.261. The van der Waals surface area contributed by atoms with Crippen molar-refractivity contribution in [1.82, 2.24) is 9.88 Å². The molecule has 6 nitrogen and oxygen atoms in total. The average Bonchev–Trinajstić information content (AvgIpc) is 3.11. The number of ether oxygens (including phenoxy) is 3. The Kier molecular flexibility index (Phi) is 6.57.